The summed E-state index contributed by atoms with van der Waals surface area (Å²) >= 11 is 0. The van der Waals surface area contributed by atoms with Crippen molar-refractivity contribution in [3.05, 3.63) is 60.0 Å². The first-order valence-electron chi connectivity index (χ1n) is 8.81. The molecule has 3 rings (SSSR count). The molecule has 1 aliphatic heterocycles. The van der Waals surface area contributed by atoms with Gasteiger partial charge in [-0.3, -0.25) is 0 Å². The second-order valence-electron chi connectivity index (χ2n) is 6.83. The second kappa shape index (κ2) is 8.29. The van der Waals surface area contributed by atoms with E-state index in [-0.39, 0.29) is 23.0 Å². The van der Waals surface area contributed by atoms with Gasteiger partial charge in [0.05, 0.1) is 11.5 Å². The highest BCUT2D eigenvalue weighted by Gasteiger charge is 2.32. The Bertz CT molecular complexity index is 996. The van der Waals surface area contributed by atoms with E-state index in [2.05, 4.69) is 4.74 Å². The fourth-order valence-electron chi connectivity index (χ4n) is 2.62. The summed E-state index contributed by atoms with van der Waals surface area (Å²) in [7, 11) is -3.69. The van der Waals surface area contributed by atoms with Crippen LogP contribution in [0.15, 0.2) is 64.9 Å². The van der Waals surface area contributed by atoms with Gasteiger partial charge in [-0.25, -0.2) is 8.42 Å². The first kappa shape index (κ1) is 22.1. The molecular weight excluding hydrogens is 425 g/mol. The van der Waals surface area contributed by atoms with E-state index in [0.29, 0.717) is 5.75 Å². The summed E-state index contributed by atoms with van der Waals surface area (Å²) in [6, 6.07) is 10.5. The lowest BCUT2D eigenvalue weighted by molar-refractivity contribution is -0.274. The minimum Gasteiger partial charge on any atom is -0.457 e. The monoisotopic (exact) mass is 444 g/mol. The standard InChI is InChI=1S/C20H19F3O6S/c1-19(2)26-13-17(28-19)11-12-30(24,25)18-9-7-15(8-10-18)27-14-3-5-16(6-4-14)29-20(21,22)23/h3-12,17H,13H2,1-2H3/b12-11+/t17-/m1/s1. The molecule has 1 heterocycles. The molecule has 1 saturated heterocycles. The Morgan fingerprint density at radius 2 is 1.53 bits per heavy atom. The van der Waals surface area contributed by atoms with Crippen LogP contribution in [0.4, 0.5) is 13.2 Å². The topological polar surface area (TPSA) is 71.1 Å². The molecule has 0 radical (unpaired) electrons. The molecule has 10 heteroatoms. The predicted octanol–water partition coefficient (Wildman–Crippen LogP) is 4.82. The minimum absolute atomic E-state index is 0.0539. The SMILES string of the molecule is CC1(C)OC[C@@H](/C=C/S(=O)(=O)c2ccc(Oc3ccc(OC(F)(F)F)cc3)cc2)O1. The summed E-state index contributed by atoms with van der Waals surface area (Å²) < 4.78 is 81.6. The van der Waals surface area contributed by atoms with Gasteiger partial charge in [0.1, 0.15) is 23.4 Å². The van der Waals surface area contributed by atoms with E-state index >= 15 is 0 Å². The van der Waals surface area contributed by atoms with Crippen LogP contribution < -0.4 is 9.47 Å². The van der Waals surface area contributed by atoms with Crippen molar-refractivity contribution in [2.24, 2.45) is 0 Å². The highest BCUT2D eigenvalue weighted by molar-refractivity contribution is 7.94. The van der Waals surface area contributed by atoms with E-state index in [4.69, 9.17) is 14.2 Å². The molecule has 1 aliphatic rings. The van der Waals surface area contributed by atoms with Gasteiger partial charge in [-0.2, -0.15) is 0 Å². The number of hydrogen-bond acceptors (Lipinski definition) is 6. The summed E-state index contributed by atoms with van der Waals surface area (Å²) in [4.78, 5) is 0.0539. The number of sulfone groups is 1. The summed E-state index contributed by atoms with van der Waals surface area (Å²) in [5.41, 5.74) is 0. The predicted molar refractivity (Wildman–Crippen MR) is 101 cm³/mol. The van der Waals surface area contributed by atoms with Crippen molar-refractivity contribution in [2.75, 3.05) is 6.61 Å². The maximum absolute atomic E-state index is 12.4. The quantitative estimate of drug-likeness (QED) is 0.637. The van der Waals surface area contributed by atoms with E-state index in [9.17, 15) is 21.6 Å². The number of hydrogen-bond donors (Lipinski definition) is 0. The van der Waals surface area contributed by atoms with Crippen LogP contribution in [0.5, 0.6) is 17.2 Å². The molecule has 1 fully saturated rings. The molecule has 6 nitrogen and oxygen atoms in total. The van der Waals surface area contributed by atoms with Gasteiger partial charge in [0.15, 0.2) is 15.6 Å². The van der Waals surface area contributed by atoms with Gasteiger partial charge in [-0.1, -0.05) is 0 Å². The Kier molecular flexibility index (Phi) is 6.11. The average Bonchev–Trinajstić information content (AvgIpc) is 3.00. The molecule has 2 aromatic carbocycles. The second-order valence-corrected chi connectivity index (χ2v) is 8.67. The van der Waals surface area contributed by atoms with Crippen LogP contribution in [-0.2, 0) is 19.3 Å². The van der Waals surface area contributed by atoms with E-state index < -0.39 is 28.1 Å². The summed E-state index contributed by atoms with van der Waals surface area (Å²) in [5.74, 6) is -0.546. The number of ether oxygens (including phenoxy) is 4. The van der Waals surface area contributed by atoms with Crippen LogP contribution in [0, 0.1) is 0 Å². The summed E-state index contributed by atoms with van der Waals surface area (Å²) in [6.07, 6.45) is -3.80. The van der Waals surface area contributed by atoms with Gasteiger partial charge in [0, 0.05) is 5.41 Å². The molecule has 0 aliphatic carbocycles. The van der Waals surface area contributed by atoms with Crippen molar-refractivity contribution >= 4 is 9.84 Å². The molecule has 0 saturated carbocycles. The van der Waals surface area contributed by atoms with Crippen molar-refractivity contribution in [1.82, 2.24) is 0 Å². The number of rotatable bonds is 6. The van der Waals surface area contributed by atoms with Gasteiger partial charge in [0.25, 0.3) is 0 Å². The first-order chi connectivity index (χ1) is 13.9. The van der Waals surface area contributed by atoms with Crippen LogP contribution in [-0.4, -0.2) is 33.3 Å². The van der Waals surface area contributed by atoms with Crippen LogP contribution >= 0.6 is 0 Å². The summed E-state index contributed by atoms with van der Waals surface area (Å²) in [5, 5.41) is 1.07. The molecule has 0 unspecified atom stereocenters. The van der Waals surface area contributed by atoms with Crippen LogP contribution in [0.3, 0.4) is 0 Å². The summed E-state index contributed by atoms with van der Waals surface area (Å²) in [6.45, 7) is 3.74. The molecule has 2 aromatic rings. The Balaban J connectivity index is 1.63. The Hall–Kier alpha value is -2.56. The lowest BCUT2D eigenvalue weighted by Crippen LogP contribution is -2.20. The zero-order valence-corrected chi connectivity index (χ0v) is 16.9. The van der Waals surface area contributed by atoms with Crippen molar-refractivity contribution in [3.63, 3.8) is 0 Å². The number of benzene rings is 2. The van der Waals surface area contributed by atoms with Crippen LogP contribution in [0.1, 0.15) is 13.8 Å². The number of alkyl halides is 3. The molecule has 0 amide bonds. The van der Waals surface area contributed by atoms with E-state index in [1.165, 1.54) is 42.5 Å². The third-order valence-electron chi connectivity index (χ3n) is 3.95. The van der Waals surface area contributed by atoms with Crippen LogP contribution in [0.25, 0.3) is 0 Å². The molecular formula is C20H19F3O6S. The first-order valence-corrected chi connectivity index (χ1v) is 10.4. The van der Waals surface area contributed by atoms with Gasteiger partial charge in [-0.15, -0.1) is 13.2 Å². The average molecular weight is 444 g/mol. The Morgan fingerprint density at radius 3 is 2.03 bits per heavy atom. The normalized spacial score (nSPS) is 19.2. The molecule has 0 N–H and O–H groups in total. The maximum Gasteiger partial charge on any atom is 0.573 e. The lowest BCUT2D eigenvalue weighted by Gasteiger charge is -2.15. The van der Waals surface area contributed by atoms with E-state index in [1.54, 1.807) is 13.8 Å². The lowest BCUT2D eigenvalue weighted by atomic mass is 10.3. The highest BCUT2D eigenvalue weighted by atomic mass is 32.2. The Morgan fingerprint density at radius 1 is 1.00 bits per heavy atom. The molecule has 0 spiro atoms. The van der Waals surface area contributed by atoms with Gasteiger partial charge in [0.2, 0.25) is 0 Å². The molecule has 0 bridgehead atoms. The minimum atomic E-state index is -4.77. The van der Waals surface area contributed by atoms with Crippen molar-refractivity contribution < 1.29 is 40.5 Å². The molecule has 30 heavy (non-hydrogen) atoms. The Labute approximate surface area is 171 Å². The van der Waals surface area contributed by atoms with Crippen molar-refractivity contribution in [2.45, 2.75) is 37.0 Å². The molecule has 162 valence electrons. The van der Waals surface area contributed by atoms with Crippen molar-refractivity contribution in [3.8, 4) is 17.2 Å². The highest BCUT2D eigenvalue weighted by Crippen LogP contribution is 2.28. The van der Waals surface area contributed by atoms with E-state index in [1.807, 2.05) is 0 Å². The zero-order valence-electron chi connectivity index (χ0n) is 16.0. The van der Waals surface area contributed by atoms with Crippen molar-refractivity contribution in [1.29, 1.82) is 0 Å². The number of halogens is 3. The zero-order chi connectivity index (χ0) is 22.0. The van der Waals surface area contributed by atoms with E-state index in [0.717, 1.165) is 17.5 Å². The maximum atomic E-state index is 12.4. The third kappa shape index (κ3) is 6.22. The molecule has 1 atom stereocenters. The fraction of sp³-hybridized carbons (Fsp3) is 0.300. The fourth-order valence-corrected chi connectivity index (χ4v) is 3.68. The van der Waals surface area contributed by atoms with Crippen LogP contribution in [0.2, 0.25) is 0 Å². The van der Waals surface area contributed by atoms with Gasteiger partial charge < -0.3 is 18.9 Å². The van der Waals surface area contributed by atoms with Gasteiger partial charge in [-0.05, 0) is 68.5 Å². The van der Waals surface area contributed by atoms with Gasteiger partial charge >= 0.3 is 6.36 Å². The largest absolute Gasteiger partial charge is 0.573 e. The molecule has 0 aromatic heterocycles. The smallest absolute Gasteiger partial charge is 0.457 e. The third-order valence-corrected chi connectivity index (χ3v) is 5.39.